The molecule has 1 atom stereocenters. The molecule has 68 valence electrons. The first kappa shape index (κ1) is 8.99. The van der Waals surface area contributed by atoms with Crippen LogP contribution in [0, 0.1) is 0 Å². The van der Waals surface area contributed by atoms with Crippen molar-refractivity contribution in [3.8, 4) is 6.08 Å². The molecule has 1 aromatic rings. The average Bonchev–Trinajstić information content (AvgIpc) is 2.36. The summed E-state index contributed by atoms with van der Waals surface area (Å²) in [5.74, 6) is 0.591. The van der Waals surface area contributed by atoms with Crippen molar-refractivity contribution in [1.82, 2.24) is 10.1 Å². The lowest BCUT2D eigenvalue weighted by Gasteiger charge is -1.96. The van der Waals surface area contributed by atoms with Gasteiger partial charge in [0.1, 0.15) is 0 Å². The van der Waals surface area contributed by atoms with Gasteiger partial charge in [-0.3, -0.25) is 4.52 Å². The standard InChI is InChI=1S/C7H13N3O2/c1-3-11-7-9-6(10-12-7)4-5(2)8/h5H,3-4,8H2,1-2H3. The second kappa shape index (κ2) is 4.06. The maximum atomic E-state index is 5.55. The maximum Gasteiger partial charge on any atom is 0.417 e. The molecule has 1 rings (SSSR count). The molecule has 0 saturated heterocycles. The highest BCUT2D eigenvalue weighted by atomic mass is 16.6. The van der Waals surface area contributed by atoms with Crippen molar-refractivity contribution in [3.63, 3.8) is 0 Å². The second-order valence-electron chi connectivity index (χ2n) is 2.59. The molecular formula is C7H13N3O2. The van der Waals surface area contributed by atoms with Crippen LogP contribution in [0.15, 0.2) is 4.52 Å². The Balaban J connectivity index is 2.52. The van der Waals surface area contributed by atoms with E-state index in [9.17, 15) is 0 Å². The Morgan fingerprint density at radius 2 is 2.42 bits per heavy atom. The van der Waals surface area contributed by atoms with Gasteiger partial charge in [-0.05, 0) is 13.8 Å². The van der Waals surface area contributed by atoms with Gasteiger partial charge in [0, 0.05) is 12.5 Å². The zero-order valence-corrected chi connectivity index (χ0v) is 7.28. The minimum absolute atomic E-state index is 0.0390. The van der Waals surface area contributed by atoms with Crippen molar-refractivity contribution in [2.75, 3.05) is 6.61 Å². The van der Waals surface area contributed by atoms with E-state index in [0.717, 1.165) is 0 Å². The van der Waals surface area contributed by atoms with Crippen LogP contribution in [0.25, 0.3) is 0 Å². The highest BCUT2D eigenvalue weighted by Gasteiger charge is 2.07. The molecule has 0 aliphatic heterocycles. The zero-order chi connectivity index (χ0) is 8.97. The van der Waals surface area contributed by atoms with Crippen LogP contribution in [0.5, 0.6) is 6.08 Å². The molecule has 0 amide bonds. The Morgan fingerprint density at radius 3 is 3.00 bits per heavy atom. The zero-order valence-electron chi connectivity index (χ0n) is 7.28. The van der Waals surface area contributed by atoms with Gasteiger partial charge < -0.3 is 10.5 Å². The minimum Gasteiger partial charge on any atom is -0.449 e. The number of nitrogens with two attached hydrogens (primary N) is 1. The minimum atomic E-state index is 0.0390. The maximum absolute atomic E-state index is 5.55. The monoisotopic (exact) mass is 171 g/mol. The van der Waals surface area contributed by atoms with Crippen LogP contribution < -0.4 is 10.5 Å². The van der Waals surface area contributed by atoms with Gasteiger partial charge in [-0.25, -0.2) is 0 Å². The number of hydrogen-bond acceptors (Lipinski definition) is 5. The van der Waals surface area contributed by atoms with Crippen molar-refractivity contribution in [2.45, 2.75) is 26.3 Å². The molecule has 0 bridgehead atoms. The number of aromatic nitrogens is 2. The van der Waals surface area contributed by atoms with E-state index in [4.69, 9.17) is 15.0 Å². The van der Waals surface area contributed by atoms with Crippen LogP contribution in [0.1, 0.15) is 19.7 Å². The molecular weight excluding hydrogens is 158 g/mol. The Labute approximate surface area is 70.9 Å². The molecule has 0 aromatic carbocycles. The van der Waals surface area contributed by atoms with Crippen molar-refractivity contribution in [2.24, 2.45) is 5.73 Å². The van der Waals surface area contributed by atoms with Crippen LogP contribution in [-0.2, 0) is 6.42 Å². The summed E-state index contributed by atoms with van der Waals surface area (Å²) in [4.78, 5) is 3.96. The van der Waals surface area contributed by atoms with Crippen LogP contribution in [0.3, 0.4) is 0 Å². The van der Waals surface area contributed by atoms with Gasteiger partial charge in [0.15, 0.2) is 5.82 Å². The molecule has 0 aliphatic carbocycles. The van der Waals surface area contributed by atoms with Crippen LogP contribution in [-0.4, -0.2) is 22.8 Å². The molecule has 5 heteroatoms. The molecule has 1 unspecified atom stereocenters. The largest absolute Gasteiger partial charge is 0.449 e. The number of rotatable bonds is 4. The molecule has 0 spiro atoms. The summed E-state index contributed by atoms with van der Waals surface area (Å²) in [5.41, 5.74) is 5.55. The summed E-state index contributed by atoms with van der Waals surface area (Å²) < 4.78 is 9.75. The molecule has 1 aromatic heterocycles. The molecule has 5 nitrogen and oxygen atoms in total. The van der Waals surface area contributed by atoms with Crippen molar-refractivity contribution >= 4 is 0 Å². The van der Waals surface area contributed by atoms with Crippen LogP contribution in [0.2, 0.25) is 0 Å². The summed E-state index contributed by atoms with van der Waals surface area (Å²) in [5, 5.41) is 3.68. The number of ether oxygens (including phenoxy) is 1. The van der Waals surface area contributed by atoms with Crippen molar-refractivity contribution < 1.29 is 9.26 Å². The van der Waals surface area contributed by atoms with Crippen LogP contribution in [0.4, 0.5) is 0 Å². The first-order valence-electron chi connectivity index (χ1n) is 3.93. The molecule has 2 N–H and O–H groups in total. The Morgan fingerprint density at radius 1 is 1.67 bits per heavy atom. The summed E-state index contributed by atoms with van der Waals surface area (Å²) in [6.07, 6.45) is 0.824. The number of hydrogen-bond donors (Lipinski definition) is 1. The predicted octanol–water partition coefficient (Wildman–Crippen LogP) is 0.358. The van der Waals surface area contributed by atoms with E-state index >= 15 is 0 Å². The lowest BCUT2D eigenvalue weighted by Crippen LogP contribution is -2.18. The summed E-state index contributed by atoms with van der Waals surface area (Å²) >= 11 is 0. The fraction of sp³-hybridized carbons (Fsp3) is 0.714. The van der Waals surface area contributed by atoms with Gasteiger partial charge in [0.2, 0.25) is 0 Å². The lowest BCUT2D eigenvalue weighted by atomic mass is 10.2. The highest BCUT2D eigenvalue weighted by molar-refractivity contribution is 4.91. The molecule has 0 aliphatic rings. The molecule has 12 heavy (non-hydrogen) atoms. The van der Waals surface area contributed by atoms with E-state index in [1.807, 2.05) is 13.8 Å². The second-order valence-corrected chi connectivity index (χ2v) is 2.59. The van der Waals surface area contributed by atoms with E-state index in [0.29, 0.717) is 18.9 Å². The van der Waals surface area contributed by atoms with Gasteiger partial charge in [-0.1, -0.05) is 5.16 Å². The Bertz CT molecular complexity index is 234. The van der Waals surface area contributed by atoms with Gasteiger partial charge in [-0.2, -0.15) is 4.98 Å². The molecule has 0 fully saturated rings. The lowest BCUT2D eigenvalue weighted by molar-refractivity contribution is 0.215. The molecule has 0 saturated carbocycles. The normalized spacial score (nSPS) is 12.9. The first-order chi connectivity index (χ1) is 5.72. The predicted molar refractivity (Wildman–Crippen MR) is 42.8 cm³/mol. The third-order valence-corrected chi connectivity index (χ3v) is 1.22. The summed E-state index contributed by atoms with van der Waals surface area (Å²) in [7, 11) is 0. The van der Waals surface area contributed by atoms with Gasteiger partial charge in [-0.15, -0.1) is 0 Å². The first-order valence-corrected chi connectivity index (χ1v) is 3.93. The smallest absolute Gasteiger partial charge is 0.417 e. The van der Waals surface area contributed by atoms with E-state index in [1.165, 1.54) is 0 Å². The summed E-state index contributed by atoms with van der Waals surface area (Å²) in [6, 6.07) is 0.0390. The van der Waals surface area contributed by atoms with E-state index < -0.39 is 0 Å². The molecule has 1 heterocycles. The quantitative estimate of drug-likeness (QED) is 0.707. The van der Waals surface area contributed by atoms with Crippen molar-refractivity contribution in [1.29, 1.82) is 0 Å². The molecule has 0 radical (unpaired) electrons. The SMILES string of the molecule is CCOc1nc(CC(C)N)no1. The Hall–Kier alpha value is -1.10. The van der Waals surface area contributed by atoms with E-state index in [2.05, 4.69) is 10.1 Å². The highest BCUT2D eigenvalue weighted by Crippen LogP contribution is 2.06. The fourth-order valence-corrected chi connectivity index (χ4v) is 0.791. The average molecular weight is 171 g/mol. The van der Waals surface area contributed by atoms with Gasteiger partial charge >= 0.3 is 6.08 Å². The summed E-state index contributed by atoms with van der Waals surface area (Å²) in [6.45, 7) is 4.27. The Kier molecular flexibility index (Phi) is 3.04. The fourth-order valence-electron chi connectivity index (χ4n) is 0.791. The van der Waals surface area contributed by atoms with E-state index in [1.54, 1.807) is 0 Å². The topological polar surface area (TPSA) is 74.2 Å². The van der Waals surface area contributed by atoms with Gasteiger partial charge in [0.25, 0.3) is 0 Å². The van der Waals surface area contributed by atoms with Crippen LogP contribution >= 0.6 is 0 Å². The third kappa shape index (κ3) is 2.50. The van der Waals surface area contributed by atoms with Gasteiger partial charge in [0.05, 0.1) is 6.61 Å². The van der Waals surface area contributed by atoms with Crippen molar-refractivity contribution in [3.05, 3.63) is 5.82 Å². The van der Waals surface area contributed by atoms with E-state index in [-0.39, 0.29) is 12.1 Å². The third-order valence-electron chi connectivity index (χ3n) is 1.22. The number of nitrogens with zero attached hydrogens (tertiary/aromatic N) is 2.